The molecule has 0 spiro atoms. The highest BCUT2D eigenvalue weighted by molar-refractivity contribution is 5.23. The second-order valence-corrected chi connectivity index (χ2v) is 4.21. The van der Waals surface area contributed by atoms with E-state index in [0.29, 0.717) is 0 Å². The number of aryl methyl sites for hydroxylation is 2. The average Bonchev–Trinajstić information content (AvgIpc) is 2.33. The highest BCUT2D eigenvalue weighted by Gasteiger charge is 2.24. The Kier molecular flexibility index (Phi) is 2.81. The Morgan fingerprint density at radius 3 is 2.38 bits per heavy atom. The lowest BCUT2D eigenvalue weighted by molar-refractivity contribution is 0.235. The van der Waals surface area contributed by atoms with Crippen molar-refractivity contribution in [2.45, 2.75) is 39.5 Å². The summed E-state index contributed by atoms with van der Waals surface area (Å²) in [4.78, 5) is 0. The van der Waals surface area contributed by atoms with Gasteiger partial charge in [0.1, 0.15) is 11.5 Å². The minimum atomic E-state index is -0.0617. The number of furan rings is 1. The summed E-state index contributed by atoms with van der Waals surface area (Å²) in [5, 5.41) is 8.90. The quantitative estimate of drug-likeness (QED) is 0.779. The molecule has 2 heteroatoms. The number of aliphatic hydroxyl groups excluding tert-OH is 1. The van der Waals surface area contributed by atoms with Gasteiger partial charge in [0.2, 0.25) is 0 Å². The molecule has 1 rings (SSSR count). The van der Waals surface area contributed by atoms with Crippen LogP contribution in [0.3, 0.4) is 0 Å². The van der Waals surface area contributed by atoms with Gasteiger partial charge in [-0.2, -0.15) is 0 Å². The van der Waals surface area contributed by atoms with Crippen molar-refractivity contribution in [3.63, 3.8) is 0 Å². The van der Waals surface area contributed by atoms with Gasteiger partial charge in [0.25, 0.3) is 0 Å². The van der Waals surface area contributed by atoms with Gasteiger partial charge in [0, 0.05) is 12.0 Å². The first-order chi connectivity index (χ1) is 5.97. The molecule has 1 aromatic heterocycles. The van der Waals surface area contributed by atoms with Crippen LogP contribution in [0, 0.1) is 13.8 Å². The van der Waals surface area contributed by atoms with Crippen LogP contribution in [0.25, 0.3) is 0 Å². The Labute approximate surface area is 79.6 Å². The highest BCUT2D eigenvalue weighted by Crippen LogP contribution is 2.29. The van der Waals surface area contributed by atoms with Crippen molar-refractivity contribution in [2.24, 2.45) is 0 Å². The number of rotatable bonds is 3. The van der Waals surface area contributed by atoms with Crippen LogP contribution in [0.5, 0.6) is 0 Å². The first kappa shape index (κ1) is 10.3. The lowest BCUT2D eigenvalue weighted by Gasteiger charge is -2.20. The summed E-state index contributed by atoms with van der Waals surface area (Å²) in [5.74, 6) is 1.94. The van der Waals surface area contributed by atoms with Crippen molar-refractivity contribution >= 4 is 0 Å². The zero-order valence-electron chi connectivity index (χ0n) is 8.85. The van der Waals surface area contributed by atoms with Crippen molar-refractivity contribution in [3.05, 3.63) is 23.2 Å². The molecule has 0 bridgehead atoms. The Hall–Kier alpha value is -0.760. The molecule has 0 amide bonds. The SMILES string of the molecule is Cc1cc(C(C)(C)CCO)oc1C. The molecular formula is C11H18O2. The summed E-state index contributed by atoms with van der Waals surface area (Å²) in [7, 11) is 0. The molecule has 0 aliphatic heterocycles. The minimum Gasteiger partial charge on any atom is -0.466 e. The van der Waals surface area contributed by atoms with Crippen LogP contribution in [0.2, 0.25) is 0 Å². The molecule has 0 saturated heterocycles. The summed E-state index contributed by atoms with van der Waals surface area (Å²) in [6.07, 6.45) is 0.736. The summed E-state index contributed by atoms with van der Waals surface area (Å²) in [6.45, 7) is 8.37. The van der Waals surface area contributed by atoms with E-state index in [1.165, 1.54) is 5.56 Å². The van der Waals surface area contributed by atoms with Crippen LogP contribution in [0.1, 0.15) is 37.4 Å². The summed E-state index contributed by atoms with van der Waals surface area (Å²) < 4.78 is 5.62. The Bertz CT molecular complexity index is 265. The molecule has 1 N–H and O–H groups in total. The predicted molar refractivity (Wildman–Crippen MR) is 52.9 cm³/mol. The molecular weight excluding hydrogens is 164 g/mol. The van der Waals surface area contributed by atoms with E-state index < -0.39 is 0 Å². The molecule has 1 heterocycles. The maximum atomic E-state index is 8.90. The molecule has 0 aromatic carbocycles. The van der Waals surface area contributed by atoms with E-state index in [1.54, 1.807) is 0 Å². The summed E-state index contributed by atoms with van der Waals surface area (Å²) >= 11 is 0. The van der Waals surface area contributed by atoms with Gasteiger partial charge in [-0.3, -0.25) is 0 Å². The van der Waals surface area contributed by atoms with E-state index in [0.717, 1.165) is 17.9 Å². The van der Waals surface area contributed by atoms with Crippen molar-refractivity contribution in [3.8, 4) is 0 Å². The van der Waals surface area contributed by atoms with Crippen LogP contribution in [-0.2, 0) is 5.41 Å². The normalized spacial score (nSPS) is 12.1. The van der Waals surface area contributed by atoms with Gasteiger partial charge in [-0.05, 0) is 31.9 Å². The Balaban J connectivity index is 2.93. The van der Waals surface area contributed by atoms with Crippen LogP contribution in [-0.4, -0.2) is 11.7 Å². The van der Waals surface area contributed by atoms with Crippen molar-refractivity contribution in [1.29, 1.82) is 0 Å². The summed E-state index contributed by atoms with van der Waals surface area (Å²) in [5.41, 5.74) is 1.12. The molecule has 0 aliphatic carbocycles. The van der Waals surface area contributed by atoms with Crippen molar-refractivity contribution in [1.82, 2.24) is 0 Å². The monoisotopic (exact) mass is 182 g/mol. The van der Waals surface area contributed by atoms with Crippen molar-refractivity contribution in [2.75, 3.05) is 6.61 Å². The van der Waals surface area contributed by atoms with Gasteiger partial charge in [-0.25, -0.2) is 0 Å². The fourth-order valence-corrected chi connectivity index (χ4v) is 1.31. The van der Waals surface area contributed by atoms with E-state index in [-0.39, 0.29) is 12.0 Å². The molecule has 2 nitrogen and oxygen atoms in total. The molecule has 0 aliphatic rings. The second kappa shape index (κ2) is 3.54. The molecule has 0 unspecified atom stereocenters. The Morgan fingerprint density at radius 2 is 2.00 bits per heavy atom. The van der Waals surface area contributed by atoms with Gasteiger partial charge in [-0.15, -0.1) is 0 Å². The number of hydrogen-bond acceptors (Lipinski definition) is 2. The fraction of sp³-hybridized carbons (Fsp3) is 0.636. The second-order valence-electron chi connectivity index (χ2n) is 4.21. The molecule has 74 valence electrons. The topological polar surface area (TPSA) is 33.4 Å². The zero-order chi connectivity index (χ0) is 10.1. The maximum absolute atomic E-state index is 8.90. The third kappa shape index (κ3) is 2.13. The Morgan fingerprint density at radius 1 is 1.38 bits per heavy atom. The van der Waals surface area contributed by atoms with Gasteiger partial charge in [0.05, 0.1) is 0 Å². The number of hydrogen-bond donors (Lipinski definition) is 1. The van der Waals surface area contributed by atoms with E-state index in [1.807, 2.05) is 13.8 Å². The standard InChI is InChI=1S/C11H18O2/c1-8-7-10(13-9(8)2)11(3,4)5-6-12/h7,12H,5-6H2,1-4H3. The van der Waals surface area contributed by atoms with Crippen LogP contribution in [0.4, 0.5) is 0 Å². The molecule has 13 heavy (non-hydrogen) atoms. The van der Waals surface area contributed by atoms with Gasteiger partial charge in [-0.1, -0.05) is 13.8 Å². The highest BCUT2D eigenvalue weighted by atomic mass is 16.3. The third-order valence-electron chi connectivity index (χ3n) is 2.57. The molecule has 1 aromatic rings. The minimum absolute atomic E-state index is 0.0617. The molecule has 0 radical (unpaired) electrons. The first-order valence-corrected chi connectivity index (χ1v) is 4.66. The van der Waals surface area contributed by atoms with Gasteiger partial charge >= 0.3 is 0 Å². The summed E-state index contributed by atoms with van der Waals surface area (Å²) in [6, 6.07) is 2.06. The van der Waals surface area contributed by atoms with E-state index >= 15 is 0 Å². The zero-order valence-corrected chi connectivity index (χ0v) is 8.85. The largest absolute Gasteiger partial charge is 0.466 e. The van der Waals surface area contributed by atoms with Gasteiger partial charge < -0.3 is 9.52 Å². The smallest absolute Gasteiger partial charge is 0.110 e. The predicted octanol–water partition coefficient (Wildman–Crippen LogP) is 2.56. The van der Waals surface area contributed by atoms with Crippen molar-refractivity contribution < 1.29 is 9.52 Å². The number of aliphatic hydroxyl groups is 1. The molecule has 0 fully saturated rings. The average molecular weight is 182 g/mol. The first-order valence-electron chi connectivity index (χ1n) is 4.66. The van der Waals surface area contributed by atoms with E-state index in [4.69, 9.17) is 9.52 Å². The maximum Gasteiger partial charge on any atom is 0.110 e. The molecule has 0 saturated carbocycles. The van der Waals surface area contributed by atoms with Crippen LogP contribution < -0.4 is 0 Å². The van der Waals surface area contributed by atoms with E-state index in [9.17, 15) is 0 Å². The van der Waals surface area contributed by atoms with Gasteiger partial charge in [0.15, 0.2) is 0 Å². The van der Waals surface area contributed by atoms with E-state index in [2.05, 4.69) is 19.9 Å². The molecule has 0 atom stereocenters. The van der Waals surface area contributed by atoms with Crippen LogP contribution >= 0.6 is 0 Å². The fourth-order valence-electron chi connectivity index (χ4n) is 1.31. The lowest BCUT2D eigenvalue weighted by atomic mass is 9.87. The van der Waals surface area contributed by atoms with Crippen LogP contribution in [0.15, 0.2) is 10.5 Å². The third-order valence-corrected chi connectivity index (χ3v) is 2.57. The lowest BCUT2D eigenvalue weighted by Crippen LogP contribution is -2.17.